The summed E-state index contributed by atoms with van der Waals surface area (Å²) in [7, 11) is 0. The smallest absolute Gasteiger partial charge is 0.325 e. The van der Waals surface area contributed by atoms with Gasteiger partial charge in [-0.25, -0.2) is 9.78 Å². The van der Waals surface area contributed by atoms with Gasteiger partial charge in [0.05, 0.1) is 0 Å². The van der Waals surface area contributed by atoms with Crippen LogP contribution >= 0.6 is 11.3 Å². The Labute approximate surface area is 142 Å². The highest BCUT2D eigenvalue weighted by atomic mass is 32.1. The second-order valence-electron chi connectivity index (χ2n) is 6.36. The zero-order chi connectivity index (χ0) is 18.0. The van der Waals surface area contributed by atoms with Gasteiger partial charge >= 0.3 is 12.2 Å². The molecule has 1 aromatic heterocycles. The molecule has 4 nitrogen and oxygen atoms in total. The number of nitrogens with zero attached hydrogens (tertiary/aromatic N) is 1. The lowest BCUT2D eigenvalue weighted by molar-refractivity contribution is -0.174. The summed E-state index contributed by atoms with van der Waals surface area (Å²) >= 11 is 1.43. The maximum Gasteiger partial charge on any atom is 0.409 e. The summed E-state index contributed by atoms with van der Waals surface area (Å²) in [5.41, 5.74) is 0.0271. The van der Waals surface area contributed by atoms with Crippen molar-refractivity contribution in [1.82, 2.24) is 10.3 Å². The van der Waals surface area contributed by atoms with E-state index in [2.05, 4.69) is 10.3 Å². The molecule has 2 amide bonds. The van der Waals surface area contributed by atoms with E-state index >= 15 is 0 Å². The number of rotatable bonds is 3. The largest absolute Gasteiger partial charge is 0.409 e. The van der Waals surface area contributed by atoms with E-state index in [-0.39, 0.29) is 0 Å². The van der Waals surface area contributed by atoms with Crippen LogP contribution in [0.25, 0.3) is 10.6 Å². The average molecular weight is 357 g/mol. The van der Waals surface area contributed by atoms with E-state index in [0.717, 1.165) is 10.6 Å². The van der Waals surface area contributed by atoms with Crippen molar-refractivity contribution >= 4 is 23.1 Å². The number of hydrogen-bond acceptors (Lipinski definition) is 3. The Kier molecular flexibility index (Phi) is 5.17. The topological polar surface area (TPSA) is 54.0 Å². The van der Waals surface area contributed by atoms with Gasteiger partial charge in [-0.05, 0) is 17.5 Å². The number of aromatic nitrogens is 1. The maximum absolute atomic E-state index is 13.1. The van der Waals surface area contributed by atoms with Gasteiger partial charge in [0.25, 0.3) is 0 Å². The van der Waals surface area contributed by atoms with Crippen molar-refractivity contribution in [2.75, 3.05) is 5.32 Å². The van der Waals surface area contributed by atoms with Crippen molar-refractivity contribution in [3.05, 3.63) is 35.8 Å². The maximum atomic E-state index is 13.1. The number of anilines is 1. The molecule has 0 spiro atoms. The quantitative estimate of drug-likeness (QED) is 0.820. The summed E-state index contributed by atoms with van der Waals surface area (Å²) in [6, 6.07) is 3.94. The summed E-state index contributed by atoms with van der Waals surface area (Å²) < 4.78 is 39.3. The Morgan fingerprint density at radius 1 is 1.25 bits per heavy atom. The van der Waals surface area contributed by atoms with Crippen molar-refractivity contribution in [2.24, 2.45) is 5.41 Å². The Morgan fingerprint density at radius 3 is 2.50 bits per heavy atom. The van der Waals surface area contributed by atoms with Crippen LogP contribution in [0.3, 0.4) is 0 Å². The van der Waals surface area contributed by atoms with E-state index in [9.17, 15) is 18.0 Å². The number of halogens is 3. The number of nitrogens with one attached hydrogen (secondary N) is 2. The Bertz CT molecular complexity index is 679. The molecule has 8 heteroatoms. The normalized spacial score (nSPS) is 13.4. The van der Waals surface area contributed by atoms with Crippen LogP contribution in [0, 0.1) is 5.41 Å². The minimum atomic E-state index is -4.53. The number of urea groups is 1. The fraction of sp³-hybridized carbons (Fsp3) is 0.375. The number of hydrogen-bond donors (Lipinski definition) is 2. The number of thiazole rings is 1. The van der Waals surface area contributed by atoms with Crippen molar-refractivity contribution in [2.45, 2.75) is 33.0 Å². The Morgan fingerprint density at radius 2 is 1.96 bits per heavy atom. The molecule has 130 valence electrons. The number of benzene rings is 1. The van der Waals surface area contributed by atoms with Crippen LogP contribution in [0.1, 0.15) is 20.8 Å². The predicted octanol–water partition coefficient (Wildman–Crippen LogP) is 4.91. The van der Waals surface area contributed by atoms with E-state index < -0.39 is 23.7 Å². The highest BCUT2D eigenvalue weighted by Gasteiger charge is 2.47. The molecule has 1 heterocycles. The molecule has 0 aliphatic carbocycles. The molecule has 2 aromatic rings. The minimum Gasteiger partial charge on any atom is -0.325 e. The van der Waals surface area contributed by atoms with Gasteiger partial charge in [-0.3, -0.25) is 0 Å². The Hall–Kier alpha value is -2.09. The van der Waals surface area contributed by atoms with E-state index in [1.54, 1.807) is 24.4 Å². The first-order valence-corrected chi connectivity index (χ1v) is 8.09. The van der Waals surface area contributed by atoms with Crippen molar-refractivity contribution in [3.63, 3.8) is 0 Å². The number of carbonyl (C=O) groups is 1. The SMILES string of the molecule is CC(C)(C)C(NC(=O)Nc1cccc(-c2nccs2)c1)C(F)(F)F. The number of carbonyl (C=O) groups excluding carboxylic acids is 1. The van der Waals surface area contributed by atoms with Gasteiger partial charge in [-0.2, -0.15) is 13.2 Å². The van der Waals surface area contributed by atoms with Gasteiger partial charge in [-0.1, -0.05) is 32.9 Å². The lowest BCUT2D eigenvalue weighted by atomic mass is 9.86. The molecule has 0 aliphatic heterocycles. The van der Waals surface area contributed by atoms with Gasteiger partial charge in [0, 0.05) is 22.8 Å². The first-order chi connectivity index (χ1) is 11.1. The summed E-state index contributed by atoms with van der Waals surface area (Å²) in [5.74, 6) is 0. The monoisotopic (exact) mass is 357 g/mol. The third kappa shape index (κ3) is 4.70. The average Bonchev–Trinajstić information content (AvgIpc) is 2.97. The van der Waals surface area contributed by atoms with E-state index in [1.807, 2.05) is 16.8 Å². The molecule has 0 aliphatic rings. The summed E-state index contributed by atoms with van der Waals surface area (Å²) in [5, 5.41) is 7.04. The van der Waals surface area contributed by atoms with Gasteiger partial charge < -0.3 is 10.6 Å². The zero-order valence-corrected chi connectivity index (χ0v) is 14.3. The zero-order valence-electron chi connectivity index (χ0n) is 13.4. The van der Waals surface area contributed by atoms with Crippen LogP contribution in [0.15, 0.2) is 35.8 Å². The third-order valence-electron chi connectivity index (χ3n) is 3.27. The van der Waals surface area contributed by atoms with Gasteiger partial charge in [0.1, 0.15) is 11.0 Å². The lowest BCUT2D eigenvalue weighted by Gasteiger charge is -2.32. The summed E-state index contributed by atoms with van der Waals surface area (Å²) in [6.07, 6.45) is -2.87. The molecule has 0 bridgehead atoms. The molecule has 1 unspecified atom stereocenters. The molecule has 0 saturated heterocycles. The van der Waals surface area contributed by atoms with Crippen LogP contribution in [-0.4, -0.2) is 23.2 Å². The minimum absolute atomic E-state index is 0.398. The third-order valence-corrected chi connectivity index (χ3v) is 4.09. The predicted molar refractivity (Wildman–Crippen MR) is 89.0 cm³/mol. The fourth-order valence-corrected chi connectivity index (χ4v) is 2.82. The second-order valence-corrected chi connectivity index (χ2v) is 7.25. The van der Waals surface area contributed by atoms with E-state index in [1.165, 1.54) is 32.1 Å². The first kappa shape index (κ1) is 18.3. The van der Waals surface area contributed by atoms with Crippen LogP contribution in [0.5, 0.6) is 0 Å². The van der Waals surface area contributed by atoms with Gasteiger partial charge in [0.15, 0.2) is 0 Å². The molecule has 0 saturated carbocycles. The summed E-state index contributed by atoms with van der Waals surface area (Å²) in [6.45, 7) is 4.28. The van der Waals surface area contributed by atoms with Gasteiger partial charge in [0.2, 0.25) is 0 Å². The molecular weight excluding hydrogens is 339 g/mol. The summed E-state index contributed by atoms with van der Waals surface area (Å²) in [4.78, 5) is 16.1. The van der Waals surface area contributed by atoms with Gasteiger partial charge in [-0.15, -0.1) is 11.3 Å². The van der Waals surface area contributed by atoms with E-state index in [4.69, 9.17) is 0 Å². The van der Waals surface area contributed by atoms with Crippen LogP contribution in [-0.2, 0) is 0 Å². The molecule has 2 rings (SSSR count). The van der Waals surface area contributed by atoms with Crippen molar-refractivity contribution in [1.29, 1.82) is 0 Å². The molecule has 0 fully saturated rings. The molecule has 1 atom stereocenters. The molecule has 2 N–H and O–H groups in total. The standard InChI is InChI=1S/C16H18F3N3OS/c1-15(2,3)13(16(17,18)19)22-14(23)21-11-6-4-5-10(9-11)12-20-7-8-24-12/h4-9,13H,1-3H3,(H2,21,22,23). The van der Waals surface area contributed by atoms with Crippen LogP contribution in [0.4, 0.5) is 23.7 Å². The molecule has 0 radical (unpaired) electrons. The Balaban J connectivity index is 2.11. The lowest BCUT2D eigenvalue weighted by Crippen LogP contribution is -2.54. The van der Waals surface area contributed by atoms with Crippen LogP contribution in [0.2, 0.25) is 0 Å². The number of alkyl halides is 3. The van der Waals surface area contributed by atoms with Crippen molar-refractivity contribution < 1.29 is 18.0 Å². The number of amides is 2. The highest BCUT2D eigenvalue weighted by molar-refractivity contribution is 7.13. The van der Waals surface area contributed by atoms with Crippen LogP contribution < -0.4 is 10.6 Å². The fourth-order valence-electron chi connectivity index (χ4n) is 2.18. The molecule has 1 aromatic carbocycles. The molecular formula is C16H18F3N3OS. The second kappa shape index (κ2) is 6.80. The highest BCUT2D eigenvalue weighted by Crippen LogP contribution is 2.33. The molecule has 24 heavy (non-hydrogen) atoms. The van der Waals surface area contributed by atoms with E-state index in [0.29, 0.717) is 5.69 Å². The first-order valence-electron chi connectivity index (χ1n) is 7.21. The van der Waals surface area contributed by atoms with Crippen molar-refractivity contribution in [3.8, 4) is 10.6 Å².